The highest BCUT2D eigenvalue weighted by atomic mass is 32.1. The molecule has 1 aromatic rings. The van der Waals surface area contributed by atoms with E-state index in [0.717, 1.165) is 9.75 Å². The SMILES string of the molecule is Cc1ccc(C(O)C#N)s1. The first-order chi connectivity index (χ1) is 4.74. The summed E-state index contributed by atoms with van der Waals surface area (Å²) in [5, 5.41) is 17.3. The van der Waals surface area contributed by atoms with Crippen LogP contribution in [0.15, 0.2) is 12.1 Å². The quantitative estimate of drug-likeness (QED) is 0.623. The number of thiophene rings is 1. The largest absolute Gasteiger partial charge is 0.373 e. The molecule has 0 radical (unpaired) electrons. The molecule has 52 valence electrons. The zero-order chi connectivity index (χ0) is 7.56. The molecule has 2 nitrogen and oxygen atoms in total. The summed E-state index contributed by atoms with van der Waals surface area (Å²) in [7, 11) is 0. The minimum atomic E-state index is -0.946. The van der Waals surface area contributed by atoms with E-state index in [2.05, 4.69) is 0 Å². The van der Waals surface area contributed by atoms with Crippen LogP contribution in [0.4, 0.5) is 0 Å². The summed E-state index contributed by atoms with van der Waals surface area (Å²) in [5.41, 5.74) is 0. The zero-order valence-corrected chi connectivity index (χ0v) is 6.35. The smallest absolute Gasteiger partial charge is 0.175 e. The molecule has 1 atom stereocenters. The van der Waals surface area contributed by atoms with Crippen LogP contribution in [0.25, 0.3) is 0 Å². The molecule has 1 heterocycles. The van der Waals surface area contributed by atoms with E-state index in [1.54, 1.807) is 12.1 Å². The summed E-state index contributed by atoms with van der Waals surface area (Å²) in [4.78, 5) is 1.84. The first-order valence-electron chi connectivity index (χ1n) is 2.88. The predicted molar refractivity (Wildman–Crippen MR) is 39.6 cm³/mol. The maximum atomic E-state index is 8.99. The van der Waals surface area contributed by atoms with E-state index in [0.29, 0.717) is 0 Å². The fraction of sp³-hybridized carbons (Fsp3) is 0.286. The van der Waals surface area contributed by atoms with Crippen LogP contribution in [0.5, 0.6) is 0 Å². The number of hydrogen-bond donors (Lipinski definition) is 1. The van der Waals surface area contributed by atoms with Crippen molar-refractivity contribution in [1.29, 1.82) is 5.26 Å². The first-order valence-corrected chi connectivity index (χ1v) is 3.69. The van der Waals surface area contributed by atoms with Crippen molar-refractivity contribution in [2.24, 2.45) is 0 Å². The van der Waals surface area contributed by atoms with Crippen molar-refractivity contribution in [2.75, 3.05) is 0 Å². The lowest BCUT2D eigenvalue weighted by atomic mass is 10.3. The summed E-state index contributed by atoms with van der Waals surface area (Å²) in [5.74, 6) is 0. The van der Waals surface area contributed by atoms with Crippen LogP contribution in [0.2, 0.25) is 0 Å². The Labute approximate surface area is 63.4 Å². The molecule has 0 aliphatic carbocycles. The van der Waals surface area contributed by atoms with Crippen molar-refractivity contribution in [1.82, 2.24) is 0 Å². The number of nitriles is 1. The number of aryl methyl sites for hydroxylation is 1. The monoisotopic (exact) mass is 153 g/mol. The normalized spacial score (nSPS) is 12.5. The van der Waals surface area contributed by atoms with Crippen LogP contribution in [0, 0.1) is 18.3 Å². The van der Waals surface area contributed by atoms with E-state index in [-0.39, 0.29) is 0 Å². The Balaban J connectivity index is 2.87. The van der Waals surface area contributed by atoms with Crippen molar-refractivity contribution in [3.63, 3.8) is 0 Å². The molecular weight excluding hydrogens is 146 g/mol. The lowest BCUT2D eigenvalue weighted by Gasteiger charge is -1.92. The molecule has 1 rings (SSSR count). The molecule has 1 aromatic heterocycles. The fourth-order valence-electron chi connectivity index (χ4n) is 0.664. The Morgan fingerprint density at radius 2 is 2.40 bits per heavy atom. The average molecular weight is 153 g/mol. The van der Waals surface area contributed by atoms with Crippen LogP contribution in [-0.2, 0) is 0 Å². The highest BCUT2D eigenvalue weighted by Gasteiger charge is 2.06. The van der Waals surface area contributed by atoms with Crippen molar-refractivity contribution < 1.29 is 5.11 Å². The van der Waals surface area contributed by atoms with Crippen molar-refractivity contribution in [3.8, 4) is 6.07 Å². The number of aliphatic hydroxyl groups excluding tert-OH is 1. The van der Waals surface area contributed by atoms with E-state index in [1.807, 2.05) is 13.0 Å². The van der Waals surface area contributed by atoms with Crippen LogP contribution in [0.3, 0.4) is 0 Å². The van der Waals surface area contributed by atoms with E-state index < -0.39 is 6.10 Å². The Bertz CT molecular complexity index is 261. The van der Waals surface area contributed by atoms with Gasteiger partial charge in [-0.3, -0.25) is 0 Å². The Morgan fingerprint density at radius 3 is 2.80 bits per heavy atom. The van der Waals surface area contributed by atoms with Gasteiger partial charge in [-0.1, -0.05) is 0 Å². The van der Waals surface area contributed by atoms with Gasteiger partial charge in [0.15, 0.2) is 6.10 Å². The molecule has 0 spiro atoms. The Kier molecular flexibility index (Phi) is 2.05. The van der Waals surface area contributed by atoms with Crippen molar-refractivity contribution >= 4 is 11.3 Å². The molecule has 0 amide bonds. The van der Waals surface area contributed by atoms with E-state index in [1.165, 1.54) is 11.3 Å². The number of nitrogens with zero attached hydrogens (tertiary/aromatic N) is 1. The van der Waals surface area contributed by atoms with E-state index >= 15 is 0 Å². The molecule has 1 unspecified atom stereocenters. The van der Waals surface area contributed by atoms with Crippen molar-refractivity contribution in [3.05, 3.63) is 21.9 Å². The van der Waals surface area contributed by atoms with Gasteiger partial charge in [-0.05, 0) is 19.1 Å². The second-order valence-electron chi connectivity index (χ2n) is 1.98. The highest BCUT2D eigenvalue weighted by Crippen LogP contribution is 2.21. The van der Waals surface area contributed by atoms with E-state index in [4.69, 9.17) is 10.4 Å². The van der Waals surface area contributed by atoms with Gasteiger partial charge in [0.25, 0.3) is 0 Å². The molecule has 0 fully saturated rings. The molecule has 10 heavy (non-hydrogen) atoms. The molecule has 0 aliphatic heterocycles. The minimum absolute atomic E-state index is 0.722. The average Bonchev–Trinajstić information content (AvgIpc) is 2.34. The van der Waals surface area contributed by atoms with Crippen LogP contribution in [0.1, 0.15) is 15.9 Å². The maximum absolute atomic E-state index is 8.99. The second kappa shape index (κ2) is 2.82. The standard InChI is InChI=1S/C7H7NOS/c1-5-2-3-7(10-5)6(9)4-8/h2-3,6,9H,1H3. The minimum Gasteiger partial charge on any atom is -0.373 e. The molecule has 0 aromatic carbocycles. The summed E-state index contributed by atoms with van der Waals surface area (Å²) >= 11 is 1.45. The highest BCUT2D eigenvalue weighted by molar-refractivity contribution is 7.12. The number of rotatable bonds is 1. The van der Waals surface area contributed by atoms with Gasteiger partial charge in [-0.15, -0.1) is 11.3 Å². The lowest BCUT2D eigenvalue weighted by Crippen LogP contribution is -1.86. The maximum Gasteiger partial charge on any atom is 0.175 e. The summed E-state index contributed by atoms with van der Waals surface area (Å²) in [6.45, 7) is 1.94. The molecule has 0 saturated carbocycles. The molecule has 0 aliphatic rings. The van der Waals surface area contributed by atoms with Crippen molar-refractivity contribution in [2.45, 2.75) is 13.0 Å². The Hall–Kier alpha value is -0.850. The molecule has 1 N–H and O–H groups in total. The third-order valence-electron chi connectivity index (χ3n) is 1.15. The van der Waals surface area contributed by atoms with Gasteiger partial charge < -0.3 is 5.11 Å². The number of aliphatic hydroxyl groups is 1. The summed E-state index contributed by atoms with van der Waals surface area (Å²) < 4.78 is 0. The van der Waals surface area contributed by atoms with Gasteiger partial charge >= 0.3 is 0 Å². The van der Waals surface area contributed by atoms with Crippen LogP contribution in [-0.4, -0.2) is 5.11 Å². The third kappa shape index (κ3) is 1.35. The zero-order valence-electron chi connectivity index (χ0n) is 5.53. The van der Waals surface area contributed by atoms with E-state index in [9.17, 15) is 0 Å². The topological polar surface area (TPSA) is 44.0 Å². The van der Waals surface area contributed by atoms with Gasteiger partial charge in [-0.25, -0.2) is 0 Å². The molecule has 3 heteroatoms. The van der Waals surface area contributed by atoms with Gasteiger partial charge in [0.2, 0.25) is 0 Å². The van der Waals surface area contributed by atoms with Gasteiger partial charge in [0, 0.05) is 9.75 Å². The summed E-state index contributed by atoms with van der Waals surface area (Å²) in [6.07, 6.45) is -0.946. The predicted octanol–water partition coefficient (Wildman–Crippen LogP) is 1.61. The van der Waals surface area contributed by atoms with Gasteiger partial charge in [-0.2, -0.15) is 5.26 Å². The summed E-state index contributed by atoms with van der Waals surface area (Å²) in [6, 6.07) is 5.42. The fourth-order valence-corrected chi connectivity index (χ4v) is 1.47. The second-order valence-corrected chi connectivity index (χ2v) is 3.30. The molecular formula is C7H7NOS. The number of hydrogen-bond acceptors (Lipinski definition) is 3. The third-order valence-corrected chi connectivity index (χ3v) is 2.21. The Morgan fingerprint density at radius 1 is 1.70 bits per heavy atom. The molecule has 0 bridgehead atoms. The van der Waals surface area contributed by atoms with Gasteiger partial charge in [0.05, 0.1) is 6.07 Å². The molecule has 0 saturated heterocycles. The first kappa shape index (κ1) is 7.26. The van der Waals surface area contributed by atoms with Crippen LogP contribution >= 0.6 is 11.3 Å². The van der Waals surface area contributed by atoms with Gasteiger partial charge in [0.1, 0.15) is 0 Å². The van der Waals surface area contributed by atoms with Crippen LogP contribution < -0.4 is 0 Å². The lowest BCUT2D eigenvalue weighted by molar-refractivity contribution is 0.240.